The van der Waals surface area contributed by atoms with Gasteiger partial charge in [0.2, 0.25) is 17.8 Å². The van der Waals surface area contributed by atoms with Crippen molar-refractivity contribution in [1.82, 2.24) is 15.0 Å². The van der Waals surface area contributed by atoms with Crippen LogP contribution in [0.25, 0.3) is 0 Å². The number of anilines is 5. The van der Waals surface area contributed by atoms with Gasteiger partial charge in [-0.1, -0.05) is 48.5 Å². The van der Waals surface area contributed by atoms with Gasteiger partial charge in [0.15, 0.2) is 0 Å². The third kappa shape index (κ3) is 5.85. The van der Waals surface area contributed by atoms with Crippen molar-refractivity contribution in [3.63, 3.8) is 0 Å². The molecule has 0 amide bonds. The van der Waals surface area contributed by atoms with Crippen LogP contribution >= 0.6 is 0 Å². The molecule has 4 rings (SSSR count). The maximum Gasteiger partial charge on any atom is 0.269 e. The van der Waals surface area contributed by atoms with Gasteiger partial charge in [0, 0.05) is 23.5 Å². The summed E-state index contributed by atoms with van der Waals surface area (Å²) in [5.74, 6) is 0.770. The number of para-hydroxylation sites is 1. The average molecular weight is 440 g/mol. The lowest BCUT2D eigenvalue weighted by Crippen LogP contribution is -2.07. The van der Waals surface area contributed by atoms with Gasteiger partial charge in [0.05, 0.1) is 11.1 Å². The Bertz CT molecular complexity index is 1280. The summed E-state index contributed by atoms with van der Waals surface area (Å²) < 4.78 is 0. The van der Waals surface area contributed by atoms with Crippen molar-refractivity contribution in [1.29, 1.82) is 0 Å². The van der Waals surface area contributed by atoms with E-state index in [0.717, 1.165) is 16.8 Å². The topological polar surface area (TPSA) is 130 Å². The van der Waals surface area contributed by atoms with Crippen LogP contribution < -0.4 is 16.1 Å². The van der Waals surface area contributed by atoms with Crippen molar-refractivity contribution in [2.45, 2.75) is 6.92 Å². The van der Waals surface area contributed by atoms with Crippen LogP contribution in [-0.4, -0.2) is 26.1 Å². The molecule has 10 heteroatoms. The van der Waals surface area contributed by atoms with Gasteiger partial charge < -0.3 is 10.6 Å². The van der Waals surface area contributed by atoms with Crippen LogP contribution in [0.3, 0.4) is 0 Å². The Morgan fingerprint density at radius 3 is 2.15 bits per heavy atom. The Hall–Kier alpha value is -4.86. The number of hydrazone groups is 1. The Morgan fingerprint density at radius 2 is 1.45 bits per heavy atom. The summed E-state index contributed by atoms with van der Waals surface area (Å²) in [7, 11) is 0. The van der Waals surface area contributed by atoms with Crippen LogP contribution in [-0.2, 0) is 0 Å². The number of benzene rings is 3. The fraction of sp³-hybridized carbons (Fsp3) is 0.0435. The summed E-state index contributed by atoms with van der Waals surface area (Å²) in [6.07, 6.45) is 1.65. The van der Waals surface area contributed by atoms with E-state index in [2.05, 4.69) is 36.1 Å². The van der Waals surface area contributed by atoms with Crippen LogP contribution in [0.1, 0.15) is 11.1 Å². The number of nitro groups is 1. The summed E-state index contributed by atoms with van der Waals surface area (Å²) in [4.78, 5) is 23.6. The Labute approximate surface area is 189 Å². The van der Waals surface area contributed by atoms with Crippen LogP contribution in [0.5, 0.6) is 0 Å². The second kappa shape index (κ2) is 9.96. The maximum atomic E-state index is 10.9. The number of nitrogens with one attached hydrogen (secondary N) is 3. The number of nitrogens with zero attached hydrogens (tertiary/aromatic N) is 5. The molecule has 0 fully saturated rings. The van der Waals surface area contributed by atoms with E-state index in [0.29, 0.717) is 11.6 Å². The highest BCUT2D eigenvalue weighted by Crippen LogP contribution is 2.22. The normalized spacial score (nSPS) is 10.7. The third-order valence-corrected chi connectivity index (χ3v) is 4.54. The van der Waals surface area contributed by atoms with Crippen molar-refractivity contribution in [3.05, 3.63) is 100 Å². The number of non-ortho nitro benzene ring substituents is 1. The number of hydrogen-bond donors (Lipinski definition) is 3. The van der Waals surface area contributed by atoms with Gasteiger partial charge in [-0.15, -0.1) is 0 Å². The standard InChI is InChI=1S/C23H20N8O2/c1-16-7-5-6-10-20(16)26-22-27-21(25-18-11-13-19(14-12-18)31(32)33)28-23(29-22)30-24-15-17-8-3-2-4-9-17/h2-15H,1H3,(H3,25,26,27,28,29,30)/b24-15+. The van der Waals surface area contributed by atoms with Crippen molar-refractivity contribution >= 4 is 41.1 Å². The van der Waals surface area contributed by atoms with Crippen molar-refractivity contribution < 1.29 is 4.92 Å². The van der Waals surface area contributed by atoms with Gasteiger partial charge in [-0.2, -0.15) is 20.1 Å². The average Bonchev–Trinajstić information content (AvgIpc) is 2.82. The zero-order valence-corrected chi connectivity index (χ0v) is 17.6. The first-order valence-electron chi connectivity index (χ1n) is 10.0. The first-order chi connectivity index (χ1) is 16.1. The SMILES string of the molecule is Cc1ccccc1Nc1nc(N/N=C/c2ccccc2)nc(Nc2ccc([N+](=O)[O-])cc2)n1. The highest BCUT2D eigenvalue weighted by Gasteiger charge is 2.10. The number of rotatable bonds is 8. The van der Waals surface area contributed by atoms with Gasteiger partial charge in [-0.05, 0) is 36.2 Å². The molecule has 0 spiro atoms. The molecule has 0 bridgehead atoms. The molecule has 3 aromatic carbocycles. The molecule has 1 aromatic heterocycles. The fourth-order valence-electron chi connectivity index (χ4n) is 2.87. The Morgan fingerprint density at radius 1 is 0.818 bits per heavy atom. The molecule has 0 saturated heterocycles. The van der Waals surface area contributed by atoms with Crippen molar-refractivity contribution in [3.8, 4) is 0 Å². The number of aromatic nitrogens is 3. The van der Waals surface area contributed by atoms with Gasteiger partial charge in [-0.25, -0.2) is 5.43 Å². The second-order valence-corrected chi connectivity index (χ2v) is 6.96. The van der Waals surface area contributed by atoms with Gasteiger partial charge in [-0.3, -0.25) is 10.1 Å². The summed E-state index contributed by atoms with van der Waals surface area (Å²) in [6, 6.07) is 23.3. The molecule has 4 aromatic rings. The Balaban J connectivity index is 1.59. The molecular weight excluding hydrogens is 420 g/mol. The van der Waals surface area contributed by atoms with Gasteiger partial charge in [0.25, 0.3) is 5.69 Å². The van der Waals surface area contributed by atoms with E-state index in [1.165, 1.54) is 12.1 Å². The highest BCUT2D eigenvalue weighted by molar-refractivity contribution is 5.79. The minimum Gasteiger partial charge on any atom is -0.324 e. The molecule has 1 heterocycles. The molecule has 0 unspecified atom stereocenters. The first kappa shape index (κ1) is 21.4. The number of hydrogen-bond acceptors (Lipinski definition) is 9. The molecule has 0 radical (unpaired) electrons. The molecule has 0 aliphatic heterocycles. The van der Waals surface area contributed by atoms with E-state index < -0.39 is 4.92 Å². The minimum absolute atomic E-state index is 0.00397. The summed E-state index contributed by atoms with van der Waals surface area (Å²) in [5, 5.41) is 21.3. The molecule has 10 nitrogen and oxygen atoms in total. The first-order valence-corrected chi connectivity index (χ1v) is 10.0. The predicted octanol–water partition coefficient (Wildman–Crippen LogP) is 5.02. The van der Waals surface area contributed by atoms with E-state index in [4.69, 9.17) is 0 Å². The zero-order chi connectivity index (χ0) is 23.0. The molecule has 3 N–H and O–H groups in total. The molecule has 0 aliphatic carbocycles. The molecular formula is C23H20N8O2. The lowest BCUT2D eigenvalue weighted by molar-refractivity contribution is -0.384. The largest absolute Gasteiger partial charge is 0.324 e. The minimum atomic E-state index is -0.455. The lowest BCUT2D eigenvalue weighted by Gasteiger charge is -2.11. The predicted molar refractivity (Wildman–Crippen MR) is 128 cm³/mol. The quantitative estimate of drug-likeness (QED) is 0.198. The van der Waals surface area contributed by atoms with E-state index in [1.54, 1.807) is 18.3 Å². The lowest BCUT2D eigenvalue weighted by atomic mass is 10.2. The summed E-state index contributed by atoms with van der Waals surface area (Å²) in [5.41, 5.74) is 6.20. The molecule has 0 atom stereocenters. The van der Waals surface area contributed by atoms with E-state index >= 15 is 0 Å². The van der Waals surface area contributed by atoms with E-state index in [1.807, 2.05) is 61.5 Å². The van der Waals surface area contributed by atoms with E-state index in [9.17, 15) is 10.1 Å². The van der Waals surface area contributed by atoms with Gasteiger partial charge in [0.1, 0.15) is 0 Å². The second-order valence-electron chi connectivity index (χ2n) is 6.96. The van der Waals surface area contributed by atoms with Crippen molar-refractivity contribution in [2.75, 3.05) is 16.1 Å². The van der Waals surface area contributed by atoms with Crippen molar-refractivity contribution in [2.24, 2.45) is 5.10 Å². The van der Waals surface area contributed by atoms with Crippen LogP contribution in [0.15, 0.2) is 84.0 Å². The van der Waals surface area contributed by atoms with Crippen LogP contribution in [0, 0.1) is 17.0 Å². The summed E-state index contributed by atoms with van der Waals surface area (Å²) >= 11 is 0. The van der Waals surface area contributed by atoms with Gasteiger partial charge >= 0.3 is 0 Å². The van der Waals surface area contributed by atoms with Crippen LogP contribution in [0.2, 0.25) is 0 Å². The van der Waals surface area contributed by atoms with E-state index in [-0.39, 0.29) is 17.6 Å². The molecule has 0 aliphatic rings. The summed E-state index contributed by atoms with van der Waals surface area (Å²) in [6.45, 7) is 1.98. The van der Waals surface area contributed by atoms with Crippen LogP contribution in [0.4, 0.5) is 34.9 Å². The highest BCUT2D eigenvalue weighted by atomic mass is 16.6. The maximum absolute atomic E-state index is 10.9. The number of nitro benzene ring substituents is 1. The molecule has 33 heavy (non-hydrogen) atoms. The fourth-order valence-corrected chi connectivity index (χ4v) is 2.87. The molecule has 0 saturated carbocycles. The smallest absolute Gasteiger partial charge is 0.269 e. The third-order valence-electron chi connectivity index (χ3n) is 4.54. The Kier molecular flexibility index (Phi) is 6.45. The number of aryl methyl sites for hydroxylation is 1. The monoisotopic (exact) mass is 440 g/mol. The zero-order valence-electron chi connectivity index (χ0n) is 17.6. The molecule has 164 valence electrons.